The quantitative estimate of drug-likeness (QED) is 0.502. The van der Waals surface area contributed by atoms with E-state index in [0.717, 1.165) is 16.6 Å². The number of benzene rings is 2. The number of para-hydroxylation sites is 2. The topological polar surface area (TPSA) is 88.2 Å². The molecule has 0 atom stereocenters. The fourth-order valence-electron chi connectivity index (χ4n) is 3.71. The van der Waals surface area contributed by atoms with Gasteiger partial charge in [-0.15, -0.1) is 0 Å². The molecule has 1 aliphatic heterocycles. The summed E-state index contributed by atoms with van der Waals surface area (Å²) >= 11 is 0. The Morgan fingerprint density at radius 3 is 2.55 bits per heavy atom. The number of nitrogens with one attached hydrogen (secondary N) is 1. The first-order chi connectivity index (χ1) is 15.1. The van der Waals surface area contributed by atoms with Crippen molar-refractivity contribution < 1.29 is 14.3 Å². The maximum absolute atomic E-state index is 12.8. The average molecular weight is 412 g/mol. The van der Waals surface area contributed by atoms with E-state index in [9.17, 15) is 9.59 Å². The number of likely N-dealkylation sites (tertiary alicyclic amines) is 1. The summed E-state index contributed by atoms with van der Waals surface area (Å²) in [6, 6.07) is 18.3. The number of aromatic nitrogens is 3. The monoisotopic (exact) mass is 412 g/mol. The molecule has 3 heterocycles. The Morgan fingerprint density at radius 2 is 1.81 bits per heavy atom. The van der Waals surface area contributed by atoms with Crippen LogP contribution in [0.1, 0.15) is 34.6 Å². The van der Waals surface area contributed by atoms with Gasteiger partial charge in [-0.25, -0.2) is 9.97 Å². The molecule has 2 aromatic carbocycles. The number of amides is 1. The minimum absolute atomic E-state index is 0.0762. The molecule has 7 nitrogen and oxygen atoms in total. The van der Waals surface area contributed by atoms with E-state index in [1.165, 1.54) is 0 Å². The summed E-state index contributed by atoms with van der Waals surface area (Å²) in [7, 11) is 0. The summed E-state index contributed by atoms with van der Waals surface area (Å²) < 4.78 is 6.00. The second-order valence-electron chi connectivity index (χ2n) is 7.58. The van der Waals surface area contributed by atoms with Crippen molar-refractivity contribution in [1.82, 2.24) is 19.9 Å². The van der Waals surface area contributed by atoms with E-state index in [1.54, 1.807) is 42.3 Å². The van der Waals surface area contributed by atoms with Gasteiger partial charge in [-0.05, 0) is 42.5 Å². The summed E-state index contributed by atoms with van der Waals surface area (Å²) in [4.78, 5) is 37.8. The largest absolute Gasteiger partial charge is 0.439 e. The second kappa shape index (κ2) is 7.68. The third kappa shape index (κ3) is 3.66. The Balaban J connectivity index is 1.32. The molecule has 0 aliphatic carbocycles. The van der Waals surface area contributed by atoms with E-state index in [4.69, 9.17) is 4.74 Å². The van der Waals surface area contributed by atoms with Crippen molar-refractivity contribution >= 4 is 22.7 Å². The third-order valence-electron chi connectivity index (χ3n) is 5.50. The molecule has 1 fully saturated rings. The Labute approximate surface area is 178 Å². The summed E-state index contributed by atoms with van der Waals surface area (Å²) in [6.45, 7) is 2.91. The number of hydrogen-bond acceptors (Lipinski definition) is 5. The highest BCUT2D eigenvalue weighted by molar-refractivity contribution is 6.08. The molecule has 0 radical (unpaired) electrons. The van der Waals surface area contributed by atoms with Gasteiger partial charge in [0.15, 0.2) is 5.82 Å². The van der Waals surface area contributed by atoms with Crippen LogP contribution >= 0.6 is 0 Å². The first-order valence-corrected chi connectivity index (χ1v) is 10.1. The molecule has 154 valence electrons. The second-order valence-corrected chi connectivity index (χ2v) is 7.58. The zero-order chi connectivity index (χ0) is 21.4. The summed E-state index contributed by atoms with van der Waals surface area (Å²) in [6.07, 6.45) is 1.68. The maximum Gasteiger partial charge on any atom is 0.228 e. The Bertz CT molecular complexity index is 1240. The van der Waals surface area contributed by atoms with Crippen molar-refractivity contribution in [2.75, 3.05) is 13.1 Å². The zero-order valence-corrected chi connectivity index (χ0v) is 16.9. The summed E-state index contributed by atoms with van der Waals surface area (Å²) in [5, 5.41) is 0. The molecule has 1 N–H and O–H groups in total. The predicted octanol–water partition coefficient (Wildman–Crippen LogP) is 3.93. The maximum atomic E-state index is 12.8. The molecule has 5 rings (SSSR count). The highest BCUT2D eigenvalue weighted by atomic mass is 16.5. The van der Waals surface area contributed by atoms with Crippen molar-refractivity contribution in [2.45, 2.75) is 12.8 Å². The number of ketones is 1. The average Bonchev–Trinajstić information content (AvgIpc) is 3.18. The zero-order valence-electron chi connectivity index (χ0n) is 16.9. The molecule has 1 amide bonds. The van der Waals surface area contributed by atoms with E-state index in [-0.39, 0.29) is 17.6 Å². The number of aromatic amines is 1. The van der Waals surface area contributed by atoms with Crippen molar-refractivity contribution in [1.29, 1.82) is 0 Å². The number of carbonyl (C=O) groups excluding carboxylic acids is 2. The normalized spacial score (nSPS) is 13.8. The van der Waals surface area contributed by atoms with Crippen molar-refractivity contribution in [2.24, 2.45) is 0 Å². The number of hydrogen-bond donors (Lipinski definition) is 1. The number of carbonyl (C=O) groups is 2. The van der Waals surface area contributed by atoms with Crippen LogP contribution in [-0.4, -0.2) is 44.6 Å². The minimum atomic E-state index is -0.180. The molecule has 4 aromatic rings. The molecule has 0 saturated carbocycles. The van der Waals surface area contributed by atoms with E-state index in [1.807, 2.05) is 36.4 Å². The fourth-order valence-corrected chi connectivity index (χ4v) is 3.71. The molecule has 1 saturated heterocycles. The first-order valence-electron chi connectivity index (χ1n) is 10.1. The van der Waals surface area contributed by atoms with E-state index < -0.39 is 0 Å². The van der Waals surface area contributed by atoms with Gasteiger partial charge in [-0.1, -0.05) is 18.2 Å². The van der Waals surface area contributed by atoms with Gasteiger partial charge in [0.2, 0.25) is 17.6 Å². The van der Waals surface area contributed by atoms with Gasteiger partial charge in [0.05, 0.1) is 11.0 Å². The lowest BCUT2D eigenvalue weighted by Crippen LogP contribution is -2.47. The van der Waals surface area contributed by atoms with Gasteiger partial charge < -0.3 is 14.6 Å². The number of ether oxygens (including phenoxy) is 1. The fraction of sp³-hybridized carbons (Fsp3) is 0.167. The molecule has 2 aromatic heterocycles. The van der Waals surface area contributed by atoms with Crippen LogP contribution in [0.4, 0.5) is 0 Å². The molecule has 0 unspecified atom stereocenters. The van der Waals surface area contributed by atoms with Crippen LogP contribution in [0.3, 0.4) is 0 Å². The van der Waals surface area contributed by atoms with Gasteiger partial charge >= 0.3 is 0 Å². The smallest absolute Gasteiger partial charge is 0.228 e. The van der Waals surface area contributed by atoms with Crippen molar-refractivity contribution in [3.05, 3.63) is 83.8 Å². The molecular formula is C24H20N4O3. The highest BCUT2D eigenvalue weighted by Crippen LogP contribution is 2.34. The molecule has 1 aliphatic rings. The van der Waals surface area contributed by atoms with Crippen molar-refractivity contribution in [3.63, 3.8) is 0 Å². The van der Waals surface area contributed by atoms with Crippen LogP contribution in [0.25, 0.3) is 11.0 Å². The van der Waals surface area contributed by atoms with E-state index in [2.05, 4.69) is 15.0 Å². The van der Waals surface area contributed by atoms with Gasteiger partial charge in [0.25, 0.3) is 0 Å². The number of imidazole rings is 1. The van der Waals surface area contributed by atoms with Crippen LogP contribution in [0, 0.1) is 0 Å². The Kier molecular flexibility index (Phi) is 4.71. The Morgan fingerprint density at radius 1 is 1.03 bits per heavy atom. The molecular weight excluding hydrogens is 392 g/mol. The Hall–Kier alpha value is -4.00. The highest BCUT2D eigenvalue weighted by Gasteiger charge is 2.32. The van der Waals surface area contributed by atoms with E-state index in [0.29, 0.717) is 36.1 Å². The number of nitrogens with zero attached hydrogens (tertiary/aromatic N) is 3. The van der Waals surface area contributed by atoms with Crippen LogP contribution < -0.4 is 4.74 Å². The summed E-state index contributed by atoms with van der Waals surface area (Å²) in [5.41, 5.74) is 3.08. The number of pyridine rings is 1. The van der Waals surface area contributed by atoms with Gasteiger partial charge in [-0.3, -0.25) is 9.59 Å². The summed E-state index contributed by atoms with van der Waals surface area (Å²) in [5.74, 6) is 1.52. The molecule has 0 bridgehead atoms. The first kappa shape index (κ1) is 19.0. The number of rotatable bonds is 5. The van der Waals surface area contributed by atoms with E-state index >= 15 is 0 Å². The SMILES string of the molecule is CC(=O)N1CC(c2cccnc2Oc2ccc(C(=O)c3nc4ccccc4[nH]3)cc2)C1. The van der Waals surface area contributed by atoms with Crippen molar-refractivity contribution in [3.8, 4) is 11.6 Å². The lowest BCUT2D eigenvalue weighted by atomic mass is 9.92. The lowest BCUT2D eigenvalue weighted by molar-refractivity contribution is -0.133. The van der Waals surface area contributed by atoms with Crippen LogP contribution in [0.15, 0.2) is 66.9 Å². The van der Waals surface area contributed by atoms with Gasteiger partial charge in [-0.2, -0.15) is 0 Å². The number of fused-ring (bicyclic) bond motifs is 1. The van der Waals surface area contributed by atoms with Crippen LogP contribution in [0.5, 0.6) is 11.6 Å². The lowest BCUT2D eigenvalue weighted by Gasteiger charge is -2.39. The molecule has 0 spiro atoms. The molecule has 7 heteroatoms. The van der Waals surface area contributed by atoms with Gasteiger partial charge in [0, 0.05) is 43.3 Å². The third-order valence-corrected chi connectivity index (χ3v) is 5.50. The number of H-pyrrole nitrogens is 1. The predicted molar refractivity (Wildman–Crippen MR) is 115 cm³/mol. The molecule has 31 heavy (non-hydrogen) atoms. The van der Waals surface area contributed by atoms with Crippen LogP contribution in [-0.2, 0) is 4.79 Å². The standard InChI is InChI=1S/C24H20N4O3/c1-15(29)28-13-17(14-28)19-5-4-12-25-24(19)31-18-10-8-16(9-11-18)22(30)23-26-20-6-2-3-7-21(20)27-23/h2-12,17H,13-14H2,1H3,(H,26,27). The van der Waals surface area contributed by atoms with Gasteiger partial charge in [0.1, 0.15) is 5.75 Å². The van der Waals surface area contributed by atoms with Crippen LogP contribution in [0.2, 0.25) is 0 Å². The minimum Gasteiger partial charge on any atom is -0.439 e.